The van der Waals surface area contributed by atoms with Crippen molar-refractivity contribution in [2.45, 2.75) is 143 Å². The van der Waals surface area contributed by atoms with Crippen molar-refractivity contribution >= 4 is 79.1 Å². The molecule has 1 aromatic heterocycles. The summed E-state index contributed by atoms with van der Waals surface area (Å²) in [5, 5.41) is 15.3. The third-order valence-electron chi connectivity index (χ3n) is 19.1. The van der Waals surface area contributed by atoms with Gasteiger partial charge in [0.15, 0.2) is 10.3 Å². The lowest BCUT2D eigenvalue weighted by Gasteiger charge is -2.58. The van der Waals surface area contributed by atoms with Gasteiger partial charge in [-0.3, -0.25) is 24.5 Å². The van der Waals surface area contributed by atoms with Crippen LogP contribution in [0.3, 0.4) is 0 Å². The van der Waals surface area contributed by atoms with Gasteiger partial charge in [0.25, 0.3) is 0 Å². The molecule has 14 nitrogen and oxygen atoms in total. The van der Waals surface area contributed by atoms with Crippen molar-refractivity contribution in [1.82, 2.24) is 25.9 Å². The van der Waals surface area contributed by atoms with Crippen molar-refractivity contribution in [2.24, 2.45) is 51.4 Å². The molecule has 83 heavy (non-hydrogen) atoms. The SMILES string of the molecule is C1=C(Cc2cc3ccccc3[nH]2)Cc2ccccc21.C=CCN1C(=O)CS/C1=N\NC(=S)NC.CC(C)CCC[C@@H](C)C1CCC2C3CC=C4C[C@@H](OS(=O)(=O)O)CC[C@]4(C)C3CC[C@@]21C.COc1ccc2c(c1)C(CCNC(C)=O)CN2. The standard InChI is InChI=1S/C27H46O4S.C18H15N.C13H18N2O2.C8H12N4OS2/c1-18(2)7-6-8-19(3)23-11-12-24-22-10-9-20-17-21(31-32(28,29)30)13-15-26(20,4)25(22)14-16-27(23,24)5;1-2-6-15-10-13(9-14(15)5-1)11-17-12-16-7-3-4-8-18(16)19-17;1-9(16)14-6-5-10-8-15-13-4-3-11(17-2)7-12(10)13;1-3-4-12-6(13)5-15-8(12)11-10-7(14)9-2/h9,18-19,21-25H,6-8,10-17H2,1-5H3,(H,28,29,30);1-9,12,19H,10-11H2;3-4,7,10,15H,5-6,8H2,1-2H3,(H,14,16);3H,1,4-5H2,2H3,(H2,9,10,14)/b;;;11-8-/t19-,21+,22?,23?,24?,25?,26+,27-;;;/m1.../s1. The molecule has 0 bridgehead atoms. The van der Waals surface area contributed by atoms with Crippen molar-refractivity contribution in [2.75, 3.05) is 44.9 Å². The van der Waals surface area contributed by atoms with E-state index in [1.54, 1.807) is 32.1 Å². The van der Waals surface area contributed by atoms with Crippen molar-refractivity contribution in [1.29, 1.82) is 0 Å². The number of benzene rings is 3. The van der Waals surface area contributed by atoms with Crippen LogP contribution in [-0.4, -0.2) is 90.6 Å². The van der Waals surface area contributed by atoms with Crippen LogP contribution in [0.5, 0.6) is 5.75 Å². The van der Waals surface area contributed by atoms with Crippen LogP contribution in [0.2, 0.25) is 0 Å². The minimum Gasteiger partial charge on any atom is -0.497 e. The van der Waals surface area contributed by atoms with E-state index in [0.29, 0.717) is 52.7 Å². The number of methoxy groups -OCH3 is 1. The molecule has 9 atom stereocenters. The van der Waals surface area contributed by atoms with Crippen LogP contribution < -0.4 is 26.1 Å². The zero-order chi connectivity index (χ0) is 59.5. The molecule has 5 aliphatic carbocycles. The Morgan fingerprint density at radius 2 is 1.81 bits per heavy atom. The average Bonchev–Trinajstić information content (AvgIpc) is 2.14. The zero-order valence-electron chi connectivity index (χ0n) is 50.2. The first-order valence-electron chi connectivity index (χ1n) is 30.2. The maximum absolute atomic E-state index is 11.4. The molecule has 4 fully saturated rings. The van der Waals surface area contributed by atoms with E-state index in [-0.39, 0.29) is 17.2 Å². The van der Waals surface area contributed by atoms with Crippen LogP contribution in [0.15, 0.2) is 108 Å². The van der Waals surface area contributed by atoms with Crippen LogP contribution in [0, 0.1) is 46.3 Å². The molecule has 7 aliphatic rings. The highest BCUT2D eigenvalue weighted by Crippen LogP contribution is 2.67. The predicted molar refractivity (Wildman–Crippen MR) is 344 cm³/mol. The fourth-order valence-corrected chi connectivity index (χ4v) is 16.4. The summed E-state index contributed by atoms with van der Waals surface area (Å²) >= 11 is 6.24. The summed E-state index contributed by atoms with van der Waals surface area (Å²) in [5.41, 5.74) is 14.0. The quantitative estimate of drug-likeness (QED) is 0.0270. The number of thiocarbonyl (C=S) groups is 1. The fraction of sp³-hybridized carbons (Fsp3) is 0.545. The molecule has 3 heterocycles. The second-order valence-corrected chi connectivity index (χ2v) is 27.3. The Hall–Kier alpha value is -5.46. The number of carbonyl (C=O) groups is 2. The lowest BCUT2D eigenvalue weighted by molar-refractivity contribution is -0.123. The molecule has 6 N–H and O–H groups in total. The van der Waals surface area contributed by atoms with Crippen LogP contribution in [0.1, 0.15) is 147 Å². The summed E-state index contributed by atoms with van der Waals surface area (Å²) in [5.74, 6) is 6.65. The van der Waals surface area contributed by atoms with E-state index >= 15 is 0 Å². The third-order valence-corrected chi connectivity index (χ3v) is 20.9. The molecule has 4 aromatic rings. The maximum atomic E-state index is 11.4. The Kier molecular flexibility index (Phi) is 21.9. The van der Waals surface area contributed by atoms with Gasteiger partial charge < -0.3 is 25.7 Å². The number of anilines is 1. The normalized spacial score (nSPS) is 26.4. The third kappa shape index (κ3) is 16.1. The number of amidine groups is 1. The molecule has 3 saturated carbocycles. The first-order valence-corrected chi connectivity index (χ1v) is 32.9. The number of rotatable bonds is 16. The van der Waals surface area contributed by atoms with Crippen molar-refractivity contribution in [3.63, 3.8) is 0 Å². The van der Waals surface area contributed by atoms with Gasteiger partial charge in [-0.05, 0) is 175 Å². The summed E-state index contributed by atoms with van der Waals surface area (Å²) in [7, 11) is -1.00. The number of ether oxygens (including phenoxy) is 1. The zero-order valence-corrected chi connectivity index (χ0v) is 52.7. The Bertz CT molecular complexity index is 3100. The number of amides is 2. The lowest BCUT2D eigenvalue weighted by Crippen LogP contribution is -2.51. The molecule has 11 rings (SSSR count). The molecule has 0 radical (unpaired) electrons. The van der Waals surface area contributed by atoms with Crippen molar-refractivity contribution in [3.05, 3.63) is 125 Å². The predicted octanol–water partition coefficient (Wildman–Crippen LogP) is 13.4. The number of nitrogens with one attached hydrogen (secondary N) is 5. The maximum Gasteiger partial charge on any atom is 0.397 e. The van der Waals surface area contributed by atoms with E-state index in [4.69, 9.17) is 25.7 Å². The molecule has 3 aromatic carbocycles. The number of aromatic amines is 1. The van der Waals surface area contributed by atoms with E-state index in [1.807, 2.05) is 12.1 Å². The average molecular weight is 1190 g/mol. The summed E-state index contributed by atoms with van der Waals surface area (Å²) in [4.78, 5) is 27.3. The van der Waals surface area contributed by atoms with Crippen LogP contribution >= 0.6 is 24.0 Å². The second-order valence-electron chi connectivity index (χ2n) is 24.9. The molecular weight excluding hydrogens is 1100 g/mol. The van der Waals surface area contributed by atoms with Gasteiger partial charge in [-0.2, -0.15) is 8.42 Å². The number of thioether (sulfide) groups is 1. The summed E-state index contributed by atoms with van der Waals surface area (Å²) in [6.07, 6.45) is 22.1. The number of fused-ring (bicyclic) bond motifs is 8. The number of hydrogen-bond acceptors (Lipinski definition) is 10. The first-order chi connectivity index (χ1) is 39.7. The van der Waals surface area contributed by atoms with E-state index in [2.05, 4.69) is 145 Å². The highest BCUT2D eigenvalue weighted by molar-refractivity contribution is 8.15. The number of aromatic nitrogens is 1. The summed E-state index contributed by atoms with van der Waals surface area (Å²) in [6, 6.07) is 25.5. The number of carbonyl (C=O) groups excluding carboxylic acids is 2. The molecular formula is C66H91N7O7S3. The summed E-state index contributed by atoms with van der Waals surface area (Å²) in [6.45, 7) is 19.5. The molecule has 1 saturated heterocycles. The monoisotopic (exact) mass is 1190 g/mol. The molecule has 5 unspecified atom stereocenters. The molecule has 0 spiro atoms. The van der Waals surface area contributed by atoms with Crippen LogP contribution in [0.4, 0.5) is 5.69 Å². The first kappa shape index (κ1) is 63.6. The number of para-hydroxylation sites is 1. The summed E-state index contributed by atoms with van der Waals surface area (Å²) < 4.78 is 41.8. The Morgan fingerprint density at radius 1 is 1.02 bits per heavy atom. The number of hydrogen-bond donors (Lipinski definition) is 6. The highest BCUT2D eigenvalue weighted by Gasteiger charge is 2.59. The van der Waals surface area contributed by atoms with E-state index < -0.39 is 16.5 Å². The van der Waals surface area contributed by atoms with E-state index in [9.17, 15) is 18.0 Å². The van der Waals surface area contributed by atoms with Gasteiger partial charge in [-0.25, -0.2) is 4.18 Å². The minimum absolute atomic E-state index is 0.0295. The van der Waals surface area contributed by atoms with Crippen LogP contribution in [0.25, 0.3) is 17.0 Å². The molecule has 450 valence electrons. The van der Waals surface area contributed by atoms with Gasteiger partial charge in [-0.1, -0.05) is 137 Å². The fourth-order valence-electron chi connectivity index (χ4n) is 15.0. The largest absolute Gasteiger partial charge is 0.497 e. The highest BCUT2D eigenvalue weighted by atomic mass is 32.3. The number of nitrogens with zero attached hydrogens (tertiary/aromatic N) is 2. The van der Waals surface area contributed by atoms with E-state index in [1.165, 1.54) is 107 Å². The Balaban J connectivity index is 0.000000152. The van der Waals surface area contributed by atoms with Gasteiger partial charge in [0.05, 0.1) is 19.0 Å². The number of allylic oxidation sites excluding steroid dienone is 2. The van der Waals surface area contributed by atoms with Crippen molar-refractivity contribution in [3.8, 4) is 5.75 Å². The lowest BCUT2D eigenvalue weighted by atomic mass is 9.47. The van der Waals surface area contributed by atoms with E-state index in [0.717, 1.165) is 80.5 Å². The minimum atomic E-state index is -4.38. The smallest absolute Gasteiger partial charge is 0.397 e. The van der Waals surface area contributed by atoms with Gasteiger partial charge in [-0.15, -0.1) is 11.7 Å². The molecule has 2 aliphatic heterocycles. The van der Waals surface area contributed by atoms with Gasteiger partial charge in [0, 0.05) is 62.8 Å². The topological polar surface area (TPSA) is 186 Å². The Morgan fingerprint density at radius 3 is 2.53 bits per heavy atom. The van der Waals surface area contributed by atoms with Gasteiger partial charge in [0.1, 0.15) is 5.75 Å². The second kappa shape index (κ2) is 28.6. The van der Waals surface area contributed by atoms with Gasteiger partial charge in [0.2, 0.25) is 11.8 Å². The van der Waals surface area contributed by atoms with Gasteiger partial charge >= 0.3 is 10.4 Å². The molecule has 2 amide bonds. The molecule has 17 heteroatoms. The van der Waals surface area contributed by atoms with Crippen LogP contribution in [-0.2, 0) is 37.0 Å². The van der Waals surface area contributed by atoms with Crippen molar-refractivity contribution < 1.29 is 31.5 Å². The number of H-pyrrole nitrogens is 1. The Labute approximate surface area is 504 Å². The number of hydrazone groups is 1.